The lowest BCUT2D eigenvalue weighted by Gasteiger charge is -2.34. The van der Waals surface area contributed by atoms with E-state index in [-0.39, 0.29) is 11.9 Å². The van der Waals surface area contributed by atoms with Crippen molar-refractivity contribution in [3.05, 3.63) is 54.0 Å². The summed E-state index contributed by atoms with van der Waals surface area (Å²) >= 11 is 0. The fraction of sp³-hybridized carbons (Fsp3) is 0.421. The Labute approximate surface area is 148 Å². The zero-order chi connectivity index (χ0) is 17.6. The molecular weight excluding hydrogens is 314 g/mol. The Bertz CT molecular complexity index is 698. The number of nitrogens with zero attached hydrogens (tertiary/aromatic N) is 3. The molecule has 2 aromatic rings. The topological polar surface area (TPSA) is 84.1 Å². The van der Waals surface area contributed by atoms with E-state index in [2.05, 4.69) is 33.2 Å². The summed E-state index contributed by atoms with van der Waals surface area (Å²) in [6.45, 7) is 3.89. The van der Waals surface area contributed by atoms with E-state index in [0.717, 1.165) is 49.4 Å². The molecule has 0 bridgehead atoms. The Morgan fingerprint density at radius 1 is 1.28 bits per heavy atom. The fourth-order valence-electron chi connectivity index (χ4n) is 3.25. The lowest BCUT2D eigenvalue weighted by atomic mass is 10.0. The number of aromatic nitrogens is 2. The number of primary amides is 1. The average molecular weight is 339 g/mol. The molecular formula is C19H25N5O. The maximum Gasteiger partial charge on any atom is 0.239 e. The van der Waals surface area contributed by atoms with Crippen LogP contribution >= 0.6 is 0 Å². The second kappa shape index (κ2) is 8.07. The Kier molecular flexibility index (Phi) is 5.60. The third-order valence-electron chi connectivity index (χ3n) is 4.71. The minimum atomic E-state index is -0.441. The highest BCUT2D eigenvalue weighted by Gasteiger charge is 2.25. The van der Waals surface area contributed by atoms with Crippen molar-refractivity contribution in [3.8, 4) is 0 Å². The normalized spacial score (nSPS) is 16.6. The highest BCUT2D eigenvalue weighted by atomic mass is 16.1. The van der Waals surface area contributed by atoms with Crippen molar-refractivity contribution >= 4 is 11.7 Å². The van der Waals surface area contributed by atoms with Gasteiger partial charge in [0, 0.05) is 30.9 Å². The molecule has 0 unspecified atom stereocenters. The minimum Gasteiger partial charge on any atom is -0.368 e. The number of amides is 1. The van der Waals surface area contributed by atoms with Crippen LogP contribution in [0, 0.1) is 0 Å². The third kappa shape index (κ3) is 4.33. The lowest BCUT2D eigenvalue weighted by Crippen LogP contribution is -2.46. The Morgan fingerprint density at radius 2 is 2.00 bits per heavy atom. The molecule has 132 valence electrons. The van der Waals surface area contributed by atoms with Crippen LogP contribution in [0.25, 0.3) is 0 Å². The predicted molar refractivity (Wildman–Crippen MR) is 98.2 cm³/mol. The van der Waals surface area contributed by atoms with Crippen LogP contribution in [-0.2, 0) is 11.2 Å². The summed E-state index contributed by atoms with van der Waals surface area (Å²) in [6, 6.07) is 11.5. The van der Waals surface area contributed by atoms with Gasteiger partial charge in [0.25, 0.3) is 0 Å². The summed E-state index contributed by atoms with van der Waals surface area (Å²) in [6.07, 6.45) is 4.44. The SMILES string of the molecule is CCc1cc(N2CCC(N[C@@H](C(N)=O)c3ccccc3)CC2)ncn1. The van der Waals surface area contributed by atoms with E-state index in [9.17, 15) is 4.79 Å². The molecule has 0 aliphatic carbocycles. The second-order valence-electron chi connectivity index (χ2n) is 6.40. The summed E-state index contributed by atoms with van der Waals surface area (Å²) in [5.41, 5.74) is 7.58. The number of nitrogens with one attached hydrogen (secondary N) is 1. The summed E-state index contributed by atoms with van der Waals surface area (Å²) in [7, 11) is 0. The Morgan fingerprint density at radius 3 is 2.64 bits per heavy atom. The van der Waals surface area contributed by atoms with Crippen molar-refractivity contribution in [2.24, 2.45) is 5.73 Å². The van der Waals surface area contributed by atoms with Gasteiger partial charge in [0.05, 0.1) is 0 Å². The minimum absolute atomic E-state index is 0.265. The van der Waals surface area contributed by atoms with Gasteiger partial charge in [-0.3, -0.25) is 10.1 Å². The van der Waals surface area contributed by atoms with E-state index in [1.165, 1.54) is 0 Å². The standard InChI is InChI=1S/C19H25N5O/c1-2-15-12-17(22-13-21-15)24-10-8-16(9-11-24)23-18(19(20)25)14-6-4-3-5-7-14/h3-7,12-13,16,18,23H,2,8-11H2,1H3,(H2,20,25)/t18-/m1/s1. The van der Waals surface area contributed by atoms with Crippen molar-refractivity contribution < 1.29 is 4.79 Å². The maximum atomic E-state index is 11.9. The first kappa shape index (κ1) is 17.4. The first-order valence-electron chi connectivity index (χ1n) is 8.83. The van der Waals surface area contributed by atoms with Gasteiger partial charge in [-0.25, -0.2) is 9.97 Å². The van der Waals surface area contributed by atoms with Gasteiger partial charge in [-0.05, 0) is 24.8 Å². The number of hydrogen-bond donors (Lipinski definition) is 2. The van der Waals surface area contributed by atoms with Gasteiger partial charge < -0.3 is 10.6 Å². The highest BCUT2D eigenvalue weighted by Crippen LogP contribution is 2.21. The van der Waals surface area contributed by atoms with Gasteiger partial charge in [-0.2, -0.15) is 0 Å². The molecule has 1 aromatic carbocycles. The number of hydrogen-bond acceptors (Lipinski definition) is 5. The van der Waals surface area contributed by atoms with Gasteiger partial charge in [-0.1, -0.05) is 37.3 Å². The average Bonchev–Trinajstić information content (AvgIpc) is 2.67. The predicted octanol–water partition coefficient (Wildman–Crippen LogP) is 1.82. The number of benzene rings is 1. The molecule has 25 heavy (non-hydrogen) atoms. The van der Waals surface area contributed by atoms with E-state index in [1.807, 2.05) is 30.3 Å². The number of carbonyl (C=O) groups is 1. The van der Waals surface area contributed by atoms with Gasteiger partial charge in [-0.15, -0.1) is 0 Å². The zero-order valence-corrected chi connectivity index (χ0v) is 14.6. The van der Waals surface area contributed by atoms with Crippen LogP contribution in [0.15, 0.2) is 42.7 Å². The summed E-state index contributed by atoms with van der Waals surface area (Å²) < 4.78 is 0. The molecule has 1 atom stereocenters. The summed E-state index contributed by atoms with van der Waals surface area (Å²) in [5, 5.41) is 3.43. The van der Waals surface area contributed by atoms with E-state index in [4.69, 9.17) is 5.73 Å². The molecule has 6 heteroatoms. The van der Waals surface area contributed by atoms with Gasteiger partial charge in [0.1, 0.15) is 18.2 Å². The van der Waals surface area contributed by atoms with Crippen LogP contribution in [0.4, 0.5) is 5.82 Å². The van der Waals surface area contributed by atoms with Crippen LogP contribution in [0.5, 0.6) is 0 Å². The Hall–Kier alpha value is -2.47. The van der Waals surface area contributed by atoms with Gasteiger partial charge in [0.15, 0.2) is 0 Å². The number of nitrogens with two attached hydrogens (primary N) is 1. The molecule has 1 saturated heterocycles. The second-order valence-corrected chi connectivity index (χ2v) is 6.40. The van der Waals surface area contributed by atoms with Crippen LogP contribution < -0.4 is 16.0 Å². The van der Waals surface area contributed by atoms with E-state index in [1.54, 1.807) is 6.33 Å². The Balaban J connectivity index is 1.60. The van der Waals surface area contributed by atoms with Crippen molar-refractivity contribution in [2.45, 2.75) is 38.3 Å². The molecule has 0 spiro atoms. The van der Waals surface area contributed by atoms with E-state index >= 15 is 0 Å². The van der Waals surface area contributed by atoms with Crippen LogP contribution in [-0.4, -0.2) is 35.0 Å². The van der Waals surface area contributed by atoms with Crippen LogP contribution in [0.3, 0.4) is 0 Å². The zero-order valence-electron chi connectivity index (χ0n) is 14.6. The number of anilines is 1. The first-order chi connectivity index (χ1) is 12.2. The fourth-order valence-corrected chi connectivity index (χ4v) is 3.25. The quantitative estimate of drug-likeness (QED) is 0.839. The number of rotatable bonds is 6. The highest BCUT2D eigenvalue weighted by molar-refractivity contribution is 5.81. The number of carbonyl (C=O) groups excluding carboxylic acids is 1. The van der Waals surface area contributed by atoms with Crippen molar-refractivity contribution in [1.82, 2.24) is 15.3 Å². The first-order valence-corrected chi connectivity index (χ1v) is 8.83. The van der Waals surface area contributed by atoms with Crippen molar-refractivity contribution in [2.75, 3.05) is 18.0 Å². The van der Waals surface area contributed by atoms with E-state index < -0.39 is 6.04 Å². The maximum absolute atomic E-state index is 11.9. The molecule has 1 fully saturated rings. The monoisotopic (exact) mass is 339 g/mol. The molecule has 0 saturated carbocycles. The van der Waals surface area contributed by atoms with Crippen molar-refractivity contribution in [1.29, 1.82) is 0 Å². The van der Waals surface area contributed by atoms with Gasteiger partial charge >= 0.3 is 0 Å². The summed E-state index contributed by atoms with van der Waals surface area (Å²) in [5.74, 6) is 0.650. The molecule has 3 rings (SSSR count). The van der Waals surface area contributed by atoms with Gasteiger partial charge in [0.2, 0.25) is 5.91 Å². The smallest absolute Gasteiger partial charge is 0.239 e. The van der Waals surface area contributed by atoms with Crippen LogP contribution in [0.2, 0.25) is 0 Å². The lowest BCUT2D eigenvalue weighted by molar-refractivity contribution is -0.120. The van der Waals surface area contributed by atoms with E-state index in [0.29, 0.717) is 0 Å². The molecule has 1 amide bonds. The number of piperidine rings is 1. The molecule has 1 aliphatic rings. The molecule has 3 N–H and O–H groups in total. The number of aryl methyl sites for hydroxylation is 1. The molecule has 0 radical (unpaired) electrons. The molecule has 6 nitrogen and oxygen atoms in total. The largest absolute Gasteiger partial charge is 0.368 e. The molecule has 1 aromatic heterocycles. The molecule has 1 aliphatic heterocycles. The van der Waals surface area contributed by atoms with Crippen molar-refractivity contribution in [3.63, 3.8) is 0 Å². The third-order valence-corrected chi connectivity index (χ3v) is 4.71. The van der Waals surface area contributed by atoms with Crippen LogP contribution in [0.1, 0.15) is 37.1 Å². The molecule has 2 heterocycles. The summed E-state index contributed by atoms with van der Waals surface area (Å²) in [4.78, 5) is 22.8.